The van der Waals surface area contributed by atoms with Crippen LogP contribution in [0.2, 0.25) is 5.02 Å². The molecule has 2 aromatic carbocycles. The Labute approximate surface area is 168 Å². The molecule has 0 spiro atoms. The van der Waals surface area contributed by atoms with Gasteiger partial charge in [0.05, 0.1) is 36.0 Å². The first-order chi connectivity index (χ1) is 13.5. The Kier molecular flexibility index (Phi) is 6.11. The molecule has 3 rings (SSSR count). The van der Waals surface area contributed by atoms with E-state index in [0.29, 0.717) is 40.4 Å². The molecule has 148 valence electrons. The van der Waals surface area contributed by atoms with Crippen LogP contribution in [0.1, 0.15) is 28.8 Å². The fraction of sp³-hybridized carbons (Fsp3) is 0.286. The van der Waals surface area contributed by atoms with E-state index in [2.05, 4.69) is 4.98 Å². The van der Waals surface area contributed by atoms with E-state index in [-0.39, 0.29) is 5.56 Å². The van der Waals surface area contributed by atoms with Crippen LogP contribution in [0.3, 0.4) is 0 Å². The van der Waals surface area contributed by atoms with E-state index in [1.54, 1.807) is 26.4 Å². The summed E-state index contributed by atoms with van der Waals surface area (Å²) < 4.78 is 11.0. The minimum atomic E-state index is -0.995. The number of methoxy groups -OCH3 is 2. The van der Waals surface area contributed by atoms with Crippen molar-refractivity contribution in [1.29, 1.82) is 0 Å². The lowest BCUT2D eigenvalue weighted by molar-refractivity contribution is 0.0699. The smallest absolute Gasteiger partial charge is 0.336 e. The van der Waals surface area contributed by atoms with Gasteiger partial charge in [-0.3, -0.25) is 0 Å². The molecule has 0 aliphatic heterocycles. The molecule has 0 fully saturated rings. The van der Waals surface area contributed by atoms with Crippen molar-refractivity contribution in [2.24, 2.45) is 5.73 Å². The summed E-state index contributed by atoms with van der Waals surface area (Å²) in [6.45, 7) is 0.576. The number of aryl methyl sites for hydroxylation is 1. The third-order valence-electron chi connectivity index (χ3n) is 4.79. The molecular weight excluding hydrogens is 380 g/mol. The Morgan fingerprint density at radius 3 is 2.61 bits per heavy atom. The molecule has 3 aromatic rings. The number of fused-ring (bicyclic) bond motifs is 1. The lowest BCUT2D eigenvalue weighted by Gasteiger charge is -2.13. The van der Waals surface area contributed by atoms with Crippen LogP contribution in [-0.4, -0.2) is 36.8 Å². The predicted molar refractivity (Wildman–Crippen MR) is 111 cm³/mol. The van der Waals surface area contributed by atoms with Gasteiger partial charge in [0.25, 0.3) is 0 Å². The molecule has 1 heterocycles. The molecule has 0 unspecified atom stereocenters. The first kappa shape index (κ1) is 20.0. The number of halogens is 1. The van der Waals surface area contributed by atoms with Crippen LogP contribution in [0, 0.1) is 0 Å². The molecule has 0 amide bonds. The van der Waals surface area contributed by atoms with Crippen LogP contribution >= 0.6 is 11.6 Å². The van der Waals surface area contributed by atoms with Gasteiger partial charge in [0.2, 0.25) is 0 Å². The number of H-pyrrole nitrogens is 1. The monoisotopic (exact) mass is 402 g/mol. The fourth-order valence-electron chi connectivity index (χ4n) is 3.53. The van der Waals surface area contributed by atoms with E-state index in [1.807, 2.05) is 18.2 Å². The van der Waals surface area contributed by atoms with Crippen LogP contribution in [0.4, 0.5) is 0 Å². The molecule has 4 N–H and O–H groups in total. The van der Waals surface area contributed by atoms with Crippen molar-refractivity contribution in [2.75, 3.05) is 20.8 Å². The zero-order valence-electron chi connectivity index (χ0n) is 15.8. The van der Waals surface area contributed by atoms with Gasteiger partial charge < -0.3 is 25.3 Å². The minimum absolute atomic E-state index is 0.214. The third kappa shape index (κ3) is 3.53. The van der Waals surface area contributed by atoms with Crippen LogP contribution in [0.5, 0.6) is 11.5 Å². The number of aromatic amines is 1. The number of rotatable bonds is 8. The van der Waals surface area contributed by atoms with E-state index in [1.165, 1.54) is 0 Å². The normalized spacial score (nSPS) is 11.0. The molecule has 0 aliphatic carbocycles. The van der Waals surface area contributed by atoms with Gasteiger partial charge in [-0.1, -0.05) is 17.7 Å². The number of benzene rings is 2. The van der Waals surface area contributed by atoms with Gasteiger partial charge in [0.15, 0.2) is 11.5 Å². The van der Waals surface area contributed by atoms with Crippen LogP contribution in [-0.2, 0) is 6.42 Å². The average molecular weight is 403 g/mol. The van der Waals surface area contributed by atoms with Crippen molar-refractivity contribution >= 4 is 28.5 Å². The summed E-state index contributed by atoms with van der Waals surface area (Å²) in [5, 5.41) is 10.8. The number of hydrogen-bond donors (Lipinski definition) is 3. The highest BCUT2D eigenvalue weighted by Crippen LogP contribution is 2.43. The molecule has 0 aliphatic rings. The summed E-state index contributed by atoms with van der Waals surface area (Å²) in [5.41, 5.74) is 8.92. The quantitative estimate of drug-likeness (QED) is 0.482. The number of aromatic nitrogens is 1. The minimum Gasteiger partial charge on any atom is -0.493 e. The molecule has 0 atom stereocenters. The van der Waals surface area contributed by atoms with Gasteiger partial charge in [-0.15, -0.1) is 0 Å². The summed E-state index contributed by atoms with van der Waals surface area (Å²) in [5.74, 6) is 0.172. The van der Waals surface area contributed by atoms with Crippen LogP contribution in [0.25, 0.3) is 22.2 Å². The van der Waals surface area contributed by atoms with Crippen molar-refractivity contribution in [2.45, 2.75) is 19.3 Å². The maximum absolute atomic E-state index is 11.9. The molecule has 6 nitrogen and oxygen atoms in total. The molecule has 0 radical (unpaired) electrons. The van der Waals surface area contributed by atoms with E-state index < -0.39 is 5.97 Å². The first-order valence-corrected chi connectivity index (χ1v) is 9.39. The summed E-state index contributed by atoms with van der Waals surface area (Å²) >= 11 is 6.40. The number of nitrogens with one attached hydrogen (secondary N) is 1. The Hall–Kier alpha value is -2.70. The molecule has 7 heteroatoms. The largest absolute Gasteiger partial charge is 0.493 e. The van der Waals surface area contributed by atoms with E-state index in [0.717, 1.165) is 29.7 Å². The Morgan fingerprint density at radius 1 is 1.18 bits per heavy atom. The van der Waals surface area contributed by atoms with Crippen molar-refractivity contribution in [3.8, 4) is 22.8 Å². The number of hydrogen-bond acceptors (Lipinski definition) is 4. The molecule has 0 bridgehead atoms. The second-order valence-electron chi connectivity index (χ2n) is 6.42. The highest BCUT2D eigenvalue weighted by Gasteiger charge is 2.23. The lowest BCUT2D eigenvalue weighted by atomic mass is 9.97. The van der Waals surface area contributed by atoms with Crippen LogP contribution < -0.4 is 15.2 Å². The van der Waals surface area contributed by atoms with Crippen LogP contribution in [0.15, 0.2) is 30.3 Å². The first-order valence-electron chi connectivity index (χ1n) is 9.01. The summed E-state index contributed by atoms with van der Waals surface area (Å²) in [6.07, 6.45) is 2.33. The van der Waals surface area contributed by atoms with Crippen molar-refractivity contribution in [3.63, 3.8) is 0 Å². The van der Waals surface area contributed by atoms with Gasteiger partial charge in [-0.25, -0.2) is 4.79 Å². The third-order valence-corrected chi connectivity index (χ3v) is 5.11. The Bertz CT molecular complexity index is 1010. The number of ether oxygens (including phenoxy) is 2. The van der Waals surface area contributed by atoms with E-state index in [9.17, 15) is 9.90 Å². The Balaban J connectivity index is 2.34. The van der Waals surface area contributed by atoms with Gasteiger partial charge in [0.1, 0.15) is 0 Å². The summed E-state index contributed by atoms with van der Waals surface area (Å²) in [4.78, 5) is 15.2. The summed E-state index contributed by atoms with van der Waals surface area (Å²) in [6, 6.07) is 8.73. The van der Waals surface area contributed by atoms with Gasteiger partial charge >= 0.3 is 5.97 Å². The maximum atomic E-state index is 11.9. The second kappa shape index (κ2) is 8.54. The van der Waals surface area contributed by atoms with Crippen molar-refractivity contribution in [3.05, 3.63) is 46.5 Å². The van der Waals surface area contributed by atoms with Gasteiger partial charge in [0, 0.05) is 10.9 Å². The SMILES string of the molecule is COc1cccc(-c2[nH]c3c(Cl)ccc(C(=O)O)c3c2CCCCN)c1OC. The molecule has 0 saturated carbocycles. The van der Waals surface area contributed by atoms with Crippen molar-refractivity contribution < 1.29 is 19.4 Å². The number of carbonyl (C=O) groups is 1. The molecular formula is C21H23ClN2O4. The zero-order valence-corrected chi connectivity index (χ0v) is 16.6. The highest BCUT2D eigenvalue weighted by atomic mass is 35.5. The highest BCUT2D eigenvalue weighted by molar-refractivity contribution is 6.36. The Morgan fingerprint density at radius 2 is 1.96 bits per heavy atom. The fourth-order valence-corrected chi connectivity index (χ4v) is 3.73. The number of carboxylic acids is 1. The van der Waals surface area contributed by atoms with Crippen molar-refractivity contribution in [1.82, 2.24) is 4.98 Å². The number of para-hydroxylation sites is 1. The number of aromatic carboxylic acids is 1. The molecule has 1 aromatic heterocycles. The molecule has 0 saturated heterocycles. The zero-order chi connectivity index (χ0) is 20.3. The lowest BCUT2D eigenvalue weighted by Crippen LogP contribution is -2.01. The molecule has 28 heavy (non-hydrogen) atoms. The van der Waals surface area contributed by atoms with E-state index in [4.69, 9.17) is 26.8 Å². The maximum Gasteiger partial charge on any atom is 0.336 e. The topological polar surface area (TPSA) is 97.6 Å². The second-order valence-corrected chi connectivity index (χ2v) is 6.82. The number of nitrogens with two attached hydrogens (primary N) is 1. The van der Waals surface area contributed by atoms with Gasteiger partial charge in [-0.2, -0.15) is 0 Å². The standard InChI is InChI=1S/C21H23ClN2O4/c1-27-16-8-5-7-14(20(16)28-2)18-12(6-3-4-11-23)17-13(21(25)26)9-10-15(22)19(17)24-18/h5,7-10,24H,3-4,6,11,23H2,1-2H3,(H,25,26). The predicted octanol–water partition coefficient (Wildman–Crippen LogP) is 4.49. The van der Waals surface area contributed by atoms with E-state index >= 15 is 0 Å². The average Bonchev–Trinajstić information content (AvgIpc) is 3.07. The number of carboxylic acid groups (broad SMARTS) is 1. The number of unbranched alkanes of at least 4 members (excludes halogenated alkanes) is 1. The van der Waals surface area contributed by atoms with Gasteiger partial charge in [-0.05, 0) is 55.6 Å². The summed E-state index contributed by atoms with van der Waals surface area (Å²) in [7, 11) is 3.15.